The minimum Gasteiger partial charge on any atom is -0.357 e. The molecule has 2 aromatic heterocycles. The molecule has 0 aromatic carbocycles. The van der Waals surface area contributed by atoms with Gasteiger partial charge in [-0.05, 0) is 30.7 Å². The van der Waals surface area contributed by atoms with Crippen molar-refractivity contribution >= 4 is 33.3 Å². The Morgan fingerprint density at radius 3 is 3.05 bits per heavy atom. The number of fused-ring (bicyclic) bond motifs is 1. The molecule has 1 N–H and O–H groups in total. The number of aromatic nitrogens is 2. The fraction of sp³-hybridized carbons (Fsp3) is 0.600. The molecular formula is C15H22N4S. The molecule has 3 heterocycles. The maximum absolute atomic E-state index is 4.77. The summed E-state index contributed by atoms with van der Waals surface area (Å²) in [6.45, 7) is 3.40. The maximum atomic E-state index is 4.77. The van der Waals surface area contributed by atoms with Gasteiger partial charge in [-0.3, -0.25) is 0 Å². The number of nitrogens with zero attached hydrogens (tertiary/aromatic N) is 3. The van der Waals surface area contributed by atoms with Crippen LogP contribution >= 0.6 is 11.3 Å². The summed E-state index contributed by atoms with van der Waals surface area (Å²) in [5.74, 6) is 1.85. The molecular weight excluding hydrogens is 268 g/mol. The predicted molar refractivity (Wildman–Crippen MR) is 86.9 cm³/mol. The highest BCUT2D eigenvalue weighted by atomic mass is 32.1. The number of thiophene rings is 1. The van der Waals surface area contributed by atoms with Crippen LogP contribution in [0, 0.1) is 0 Å². The van der Waals surface area contributed by atoms with Gasteiger partial charge < -0.3 is 10.2 Å². The first kappa shape index (κ1) is 13.6. The van der Waals surface area contributed by atoms with E-state index < -0.39 is 0 Å². The van der Waals surface area contributed by atoms with Crippen molar-refractivity contribution in [2.75, 3.05) is 23.8 Å². The molecule has 108 valence electrons. The third-order valence-corrected chi connectivity index (χ3v) is 4.96. The molecule has 4 nitrogen and oxygen atoms in total. The third kappa shape index (κ3) is 2.46. The first-order valence-electron chi connectivity index (χ1n) is 7.53. The molecule has 0 saturated carbocycles. The molecule has 0 bridgehead atoms. The smallest absolute Gasteiger partial charge is 0.225 e. The van der Waals surface area contributed by atoms with Crippen LogP contribution in [-0.2, 0) is 0 Å². The normalized spacial score (nSPS) is 20.1. The highest BCUT2D eigenvalue weighted by molar-refractivity contribution is 7.16. The zero-order valence-corrected chi connectivity index (χ0v) is 13.0. The molecule has 1 unspecified atom stereocenters. The van der Waals surface area contributed by atoms with Crippen LogP contribution in [0.2, 0.25) is 0 Å². The highest BCUT2D eigenvalue weighted by Gasteiger charge is 2.23. The van der Waals surface area contributed by atoms with Crippen LogP contribution in [0.4, 0.5) is 11.8 Å². The minimum atomic E-state index is 0.611. The molecule has 3 rings (SSSR count). The second kappa shape index (κ2) is 5.95. The quantitative estimate of drug-likeness (QED) is 0.931. The lowest BCUT2D eigenvalue weighted by molar-refractivity contribution is 0.553. The molecule has 2 aromatic rings. The largest absolute Gasteiger partial charge is 0.357 e. The summed E-state index contributed by atoms with van der Waals surface area (Å²) in [5.41, 5.74) is 0. The van der Waals surface area contributed by atoms with Gasteiger partial charge in [0.25, 0.3) is 0 Å². The van der Waals surface area contributed by atoms with Gasteiger partial charge in [0.1, 0.15) is 10.6 Å². The van der Waals surface area contributed by atoms with E-state index in [1.54, 1.807) is 11.3 Å². The van der Waals surface area contributed by atoms with Gasteiger partial charge in [0.15, 0.2) is 0 Å². The summed E-state index contributed by atoms with van der Waals surface area (Å²) in [6.07, 6.45) is 6.40. The monoisotopic (exact) mass is 290 g/mol. The first-order chi connectivity index (χ1) is 9.83. The number of nitrogens with one attached hydrogen (secondary N) is 1. The van der Waals surface area contributed by atoms with Crippen molar-refractivity contribution in [2.45, 2.75) is 45.1 Å². The SMILES string of the molecule is CCC1CCCCCN1c1nc(NC)nc2sccc12. The summed E-state index contributed by atoms with van der Waals surface area (Å²) < 4.78 is 0. The summed E-state index contributed by atoms with van der Waals surface area (Å²) in [7, 11) is 1.89. The fourth-order valence-electron chi connectivity index (χ4n) is 3.05. The molecule has 1 atom stereocenters. The Hall–Kier alpha value is -1.36. The van der Waals surface area contributed by atoms with Gasteiger partial charge in [-0.15, -0.1) is 11.3 Å². The van der Waals surface area contributed by atoms with Gasteiger partial charge in [0.2, 0.25) is 5.95 Å². The van der Waals surface area contributed by atoms with E-state index in [0.717, 1.165) is 23.1 Å². The van der Waals surface area contributed by atoms with E-state index in [9.17, 15) is 0 Å². The second-order valence-corrected chi connectivity index (χ2v) is 6.26. The van der Waals surface area contributed by atoms with Gasteiger partial charge >= 0.3 is 0 Å². The summed E-state index contributed by atoms with van der Waals surface area (Å²) in [5, 5.41) is 6.41. The van der Waals surface area contributed by atoms with Gasteiger partial charge in [0, 0.05) is 19.6 Å². The van der Waals surface area contributed by atoms with Crippen LogP contribution in [0.1, 0.15) is 39.0 Å². The molecule has 20 heavy (non-hydrogen) atoms. The van der Waals surface area contributed by atoms with E-state index in [4.69, 9.17) is 4.98 Å². The zero-order chi connectivity index (χ0) is 13.9. The van der Waals surface area contributed by atoms with Crippen LogP contribution in [-0.4, -0.2) is 29.6 Å². The minimum absolute atomic E-state index is 0.611. The maximum Gasteiger partial charge on any atom is 0.225 e. The van der Waals surface area contributed by atoms with Crippen molar-refractivity contribution in [1.82, 2.24) is 9.97 Å². The molecule has 0 amide bonds. The van der Waals surface area contributed by atoms with Crippen LogP contribution in [0.15, 0.2) is 11.4 Å². The molecule has 0 aliphatic carbocycles. The van der Waals surface area contributed by atoms with Gasteiger partial charge in [-0.1, -0.05) is 19.8 Å². The average molecular weight is 290 g/mol. The number of hydrogen-bond donors (Lipinski definition) is 1. The van der Waals surface area contributed by atoms with Gasteiger partial charge in [-0.25, -0.2) is 4.98 Å². The predicted octanol–water partition coefficient (Wildman–Crippen LogP) is 3.89. The molecule has 0 radical (unpaired) electrons. The fourth-order valence-corrected chi connectivity index (χ4v) is 3.81. The summed E-state index contributed by atoms with van der Waals surface area (Å²) >= 11 is 1.69. The molecule has 1 saturated heterocycles. The zero-order valence-electron chi connectivity index (χ0n) is 12.2. The molecule has 0 spiro atoms. The van der Waals surface area contributed by atoms with Crippen molar-refractivity contribution in [3.63, 3.8) is 0 Å². The highest BCUT2D eigenvalue weighted by Crippen LogP contribution is 2.33. The van der Waals surface area contributed by atoms with Crippen LogP contribution < -0.4 is 10.2 Å². The Balaban J connectivity index is 2.08. The third-order valence-electron chi connectivity index (χ3n) is 4.15. The molecule has 1 fully saturated rings. The topological polar surface area (TPSA) is 41.1 Å². The Labute approximate surface area is 124 Å². The van der Waals surface area contributed by atoms with Crippen LogP contribution in [0.3, 0.4) is 0 Å². The van der Waals surface area contributed by atoms with E-state index in [1.165, 1.54) is 37.5 Å². The molecule has 5 heteroatoms. The first-order valence-corrected chi connectivity index (χ1v) is 8.41. The number of rotatable bonds is 3. The standard InChI is InChI=1S/C15H22N4S/c1-3-11-7-5-4-6-9-19(11)13-12-8-10-20-14(12)18-15(16-2)17-13/h8,10-11H,3-7,9H2,1-2H3,(H,16,17,18). The second-order valence-electron chi connectivity index (χ2n) is 5.37. The van der Waals surface area contributed by atoms with E-state index >= 15 is 0 Å². The van der Waals surface area contributed by atoms with Crippen molar-refractivity contribution in [3.05, 3.63) is 11.4 Å². The van der Waals surface area contributed by atoms with Crippen molar-refractivity contribution < 1.29 is 0 Å². The van der Waals surface area contributed by atoms with E-state index in [2.05, 4.69) is 33.6 Å². The lowest BCUT2D eigenvalue weighted by atomic mass is 10.1. The summed E-state index contributed by atoms with van der Waals surface area (Å²) in [4.78, 5) is 12.9. The number of anilines is 2. The van der Waals surface area contributed by atoms with E-state index in [-0.39, 0.29) is 0 Å². The van der Waals surface area contributed by atoms with E-state index in [0.29, 0.717) is 6.04 Å². The van der Waals surface area contributed by atoms with Crippen molar-refractivity contribution in [3.8, 4) is 0 Å². The number of hydrogen-bond acceptors (Lipinski definition) is 5. The lowest BCUT2D eigenvalue weighted by Crippen LogP contribution is -2.35. The Morgan fingerprint density at radius 1 is 1.35 bits per heavy atom. The summed E-state index contributed by atoms with van der Waals surface area (Å²) in [6, 6.07) is 2.77. The molecule has 1 aliphatic heterocycles. The van der Waals surface area contributed by atoms with Crippen molar-refractivity contribution in [2.24, 2.45) is 0 Å². The van der Waals surface area contributed by atoms with Gasteiger partial charge in [-0.2, -0.15) is 4.98 Å². The molecule has 1 aliphatic rings. The van der Waals surface area contributed by atoms with Crippen molar-refractivity contribution in [1.29, 1.82) is 0 Å². The van der Waals surface area contributed by atoms with Crippen LogP contribution in [0.5, 0.6) is 0 Å². The van der Waals surface area contributed by atoms with Crippen LogP contribution in [0.25, 0.3) is 10.2 Å². The Bertz CT molecular complexity index is 580. The Morgan fingerprint density at radius 2 is 2.25 bits per heavy atom. The van der Waals surface area contributed by atoms with E-state index in [1.807, 2.05) is 7.05 Å². The Kier molecular flexibility index (Phi) is 4.05. The lowest BCUT2D eigenvalue weighted by Gasteiger charge is -2.31. The van der Waals surface area contributed by atoms with Gasteiger partial charge in [0.05, 0.1) is 5.39 Å². The average Bonchev–Trinajstić information content (AvgIpc) is 2.82.